The minimum atomic E-state index is -0.129. The number of para-hydroxylation sites is 1. The van der Waals surface area contributed by atoms with Gasteiger partial charge in [-0.2, -0.15) is 0 Å². The molecule has 1 aromatic carbocycles. The zero-order valence-corrected chi connectivity index (χ0v) is 14.2. The van der Waals surface area contributed by atoms with Crippen LogP contribution in [0.25, 0.3) is 5.65 Å². The van der Waals surface area contributed by atoms with Crippen LogP contribution in [0.15, 0.2) is 42.6 Å². The van der Waals surface area contributed by atoms with E-state index in [1.54, 1.807) is 7.11 Å². The van der Waals surface area contributed by atoms with Gasteiger partial charge in [0.15, 0.2) is 0 Å². The lowest BCUT2D eigenvalue weighted by Gasteiger charge is -2.10. The van der Waals surface area contributed by atoms with E-state index >= 15 is 0 Å². The quantitative estimate of drug-likeness (QED) is 0.785. The van der Waals surface area contributed by atoms with Crippen LogP contribution in [0.2, 0.25) is 0 Å². The minimum Gasteiger partial charge on any atom is -0.496 e. The standard InChI is InChI=1S/C19H21N3O2/c1-4-15-17(22-11-7-8-13(2)18(22)21-15)19(23)20-12-14-9-5-6-10-16(14)24-3/h5-11H,4,12H2,1-3H3,(H,20,23). The zero-order valence-electron chi connectivity index (χ0n) is 14.2. The second kappa shape index (κ2) is 6.74. The van der Waals surface area contributed by atoms with Crippen LogP contribution >= 0.6 is 0 Å². The SMILES string of the molecule is CCc1nc2c(C)cccn2c1C(=O)NCc1ccccc1OC. The van der Waals surface area contributed by atoms with Gasteiger partial charge in [0, 0.05) is 18.3 Å². The number of pyridine rings is 1. The maximum atomic E-state index is 12.8. The summed E-state index contributed by atoms with van der Waals surface area (Å²) in [7, 11) is 1.63. The molecule has 1 amide bonds. The number of rotatable bonds is 5. The molecule has 0 unspecified atom stereocenters. The number of methoxy groups -OCH3 is 1. The molecule has 3 aromatic rings. The number of carbonyl (C=O) groups excluding carboxylic acids is 1. The average Bonchev–Trinajstić information content (AvgIpc) is 3.00. The molecule has 24 heavy (non-hydrogen) atoms. The highest BCUT2D eigenvalue weighted by molar-refractivity contribution is 5.94. The molecule has 0 radical (unpaired) electrons. The Kier molecular flexibility index (Phi) is 4.51. The van der Waals surface area contributed by atoms with E-state index < -0.39 is 0 Å². The Bertz CT molecular complexity index is 883. The molecule has 0 fully saturated rings. The molecule has 2 heterocycles. The molecular formula is C19H21N3O2. The first kappa shape index (κ1) is 16.1. The first-order chi connectivity index (χ1) is 11.7. The molecule has 124 valence electrons. The average molecular weight is 323 g/mol. The maximum Gasteiger partial charge on any atom is 0.270 e. The first-order valence-corrected chi connectivity index (χ1v) is 8.02. The predicted molar refractivity (Wildman–Crippen MR) is 93.5 cm³/mol. The van der Waals surface area contributed by atoms with E-state index in [2.05, 4.69) is 10.3 Å². The van der Waals surface area contributed by atoms with Crippen LogP contribution in [-0.2, 0) is 13.0 Å². The molecule has 0 aliphatic heterocycles. The molecule has 0 aliphatic carbocycles. The van der Waals surface area contributed by atoms with E-state index in [0.29, 0.717) is 18.7 Å². The van der Waals surface area contributed by atoms with Gasteiger partial charge in [-0.25, -0.2) is 4.98 Å². The van der Waals surface area contributed by atoms with Crippen LogP contribution in [-0.4, -0.2) is 22.4 Å². The van der Waals surface area contributed by atoms with E-state index in [4.69, 9.17) is 4.74 Å². The lowest BCUT2D eigenvalue weighted by atomic mass is 10.2. The summed E-state index contributed by atoms with van der Waals surface area (Å²) in [4.78, 5) is 17.4. The molecule has 5 nitrogen and oxygen atoms in total. The largest absolute Gasteiger partial charge is 0.496 e. The number of hydrogen-bond donors (Lipinski definition) is 1. The fourth-order valence-corrected chi connectivity index (χ4v) is 2.85. The van der Waals surface area contributed by atoms with Gasteiger partial charge in [-0.3, -0.25) is 9.20 Å². The van der Waals surface area contributed by atoms with Gasteiger partial charge in [-0.1, -0.05) is 31.2 Å². The Labute approximate surface area is 141 Å². The van der Waals surface area contributed by atoms with Crippen molar-refractivity contribution in [3.63, 3.8) is 0 Å². The van der Waals surface area contributed by atoms with Gasteiger partial charge in [0.2, 0.25) is 0 Å². The number of nitrogens with zero attached hydrogens (tertiary/aromatic N) is 2. The van der Waals surface area contributed by atoms with E-state index in [9.17, 15) is 4.79 Å². The van der Waals surface area contributed by atoms with Gasteiger partial charge in [0.25, 0.3) is 5.91 Å². The Morgan fingerprint density at radius 1 is 1.25 bits per heavy atom. The van der Waals surface area contributed by atoms with E-state index in [-0.39, 0.29) is 5.91 Å². The lowest BCUT2D eigenvalue weighted by molar-refractivity contribution is 0.0944. The molecule has 5 heteroatoms. The van der Waals surface area contributed by atoms with Gasteiger partial charge in [-0.15, -0.1) is 0 Å². The van der Waals surface area contributed by atoms with Gasteiger partial charge in [-0.05, 0) is 31.0 Å². The predicted octanol–water partition coefficient (Wildman–Crippen LogP) is 3.14. The van der Waals surface area contributed by atoms with Crippen molar-refractivity contribution in [2.45, 2.75) is 26.8 Å². The van der Waals surface area contributed by atoms with Crippen molar-refractivity contribution in [1.82, 2.24) is 14.7 Å². The summed E-state index contributed by atoms with van der Waals surface area (Å²) >= 11 is 0. The van der Waals surface area contributed by atoms with Crippen LogP contribution in [0.1, 0.15) is 34.2 Å². The summed E-state index contributed by atoms with van der Waals surface area (Å²) in [5, 5.41) is 2.98. The molecule has 1 N–H and O–H groups in total. The van der Waals surface area contributed by atoms with Crippen molar-refractivity contribution in [2.24, 2.45) is 0 Å². The number of aryl methyl sites for hydroxylation is 2. The topological polar surface area (TPSA) is 55.6 Å². The molecule has 0 aliphatic rings. The Hall–Kier alpha value is -2.82. The molecule has 0 saturated carbocycles. The summed E-state index contributed by atoms with van der Waals surface area (Å²) < 4.78 is 7.20. The van der Waals surface area contributed by atoms with Crippen molar-refractivity contribution in [1.29, 1.82) is 0 Å². The van der Waals surface area contributed by atoms with Crippen LogP contribution in [0, 0.1) is 6.92 Å². The molecule has 0 bridgehead atoms. The Balaban J connectivity index is 1.90. The summed E-state index contributed by atoms with van der Waals surface area (Å²) in [6, 6.07) is 11.6. The second-order valence-corrected chi connectivity index (χ2v) is 5.64. The third-order valence-corrected chi connectivity index (χ3v) is 4.10. The van der Waals surface area contributed by atoms with Crippen molar-refractivity contribution in [2.75, 3.05) is 7.11 Å². The van der Waals surface area contributed by atoms with Gasteiger partial charge >= 0.3 is 0 Å². The van der Waals surface area contributed by atoms with Crippen LogP contribution < -0.4 is 10.1 Å². The number of imidazole rings is 1. The first-order valence-electron chi connectivity index (χ1n) is 8.02. The summed E-state index contributed by atoms with van der Waals surface area (Å²) in [5.41, 5.74) is 4.23. The summed E-state index contributed by atoms with van der Waals surface area (Å²) in [6.07, 6.45) is 2.59. The number of fused-ring (bicyclic) bond motifs is 1. The zero-order chi connectivity index (χ0) is 17.1. The van der Waals surface area contributed by atoms with E-state index in [1.807, 2.05) is 60.8 Å². The number of nitrogens with one attached hydrogen (secondary N) is 1. The van der Waals surface area contributed by atoms with Crippen molar-refractivity contribution < 1.29 is 9.53 Å². The van der Waals surface area contributed by atoms with Gasteiger partial charge in [0.1, 0.15) is 17.1 Å². The van der Waals surface area contributed by atoms with Crippen LogP contribution in [0.4, 0.5) is 0 Å². The number of amides is 1. The molecule has 2 aromatic heterocycles. The number of ether oxygens (including phenoxy) is 1. The Morgan fingerprint density at radius 3 is 2.79 bits per heavy atom. The highest BCUT2D eigenvalue weighted by atomic mass is 16.5. The van der Waals surface area contributed by atoms with Crippen molar-refractivity contribution in [3.05, 3.63) is 65.1 Å². The minimum absolute atomic E-state index is 0.129. The molecular weight excluding hydrogens is 302 g/mol. The van der Waals surface area contributed by atoms with E-state index in [0.717, 1.165) is 28.2 Å². The van der Waals surface area contributed by atoms with E-state index in [1.165, 1.54) is 0 Å². The molecule has 3 rings (SSSR count). The number of carbonyl (C=O) groups is 1. The lowest BCUT2D eigenvalue weighted by Crippen LogP contribution is -2.25. The smallest absolute Gasteiger partial charge is 0.270 e. The van der Waals surface area contributed by atoms with Gasteiger partial charge < -0.3 is 10.1 Å². The second-order valence-electron chi connectivity index (χ2n) is 5.64. The highest BCUT2D eigenvalue weighted by Gasteiger charge is 2.19. The third kappa shape index (κ3) is 2.85. The normalized spacial score (nSPS) is 10.8. The fourth-order valence-electron chi connectivity index (χ4n) is 2.85. The maximum absolute atomic E-state index is 12.8. The molecule has 0 spiro atoms. The van der Waals surface area contributed by atoms with Crippen LogP contribution in [0.3, 0.4) is 0 Å². The summed E-state index contributed by atoms with van der Waals surface area (Å²) in [6.45, 7) is 4.41. The highest BCUT2D eigenvalue weighted by Crippen LogP contribution is 2.19. The number of hydrogen-bond acceptors (Lipinski definition) is 3. The fraction of sp³-hybridized carbons (Fsp3) is 0.263. The van der Waals surface area contributed by atoms with Gasteiger partial charge in [0.05, 0.1) is 12.8 Å². The summed E-state index contributed by atoms with van der Waals surface area (Å²) in [5.74, 6) is 0.637. The van der Waals surface area contributed by atoms with Crippen LogP contribution in [0.5, 0.6) is 5.75 Å². The van der Waals surface area contributed by atoms with Crippen molar-refractivity contribution >= 4 is 11.6 Å². The molecule has 0 saturated heterocycles. The van der Waals surface area contributed by atoms with Crippen molar-refractivity contribution in [3.8, 4) is 5.75 Å². The number of aromatic nitrogens is 2. The molecule has 0 atom stereocenters. The number of benzene rings is 1. The monoisotopic (exact) mass is 323 g/mol. The third-order valence-electron chi connectivity index (χ3n) is 4.10. The Morgan fingerprint density at radius 2 is 2.04 bits per heavy atom.